The maximum Gasteiger partial charge on any atom is 0.242 e. The van der Waals surface area contributed by atoms with Gasteiger partial charge < -0.3 is 4.57 Å². The van der Waals surface area contributed by atoms with E-state index >= 15 is 0 Å². The molecule has 0 bridgehead atoms. The summed E-state index contributed by atoms with van der Waals surface area (Å²) >= 11 is 0. The molecule has 0 amide bonds. The van der Waals surface area contributed by atoms with E-state index < -0.39 is 10.0 Å². The van der Waals surface area contributed by atoms with E-state index in [-0.39, 0.29) is 0 Å². The standard InChI is InChI=1S/C19H32N4O2S/c1-6-9-13-22(8-3)15-19-20-17-14-16(26(24,25)21(4)5)10-11-18(17)23(19)12-7-2/h10-11,14H,6-9,12-13,15H2,1-5H3. The number of benzene rings is 1. The third-order valence-electron chi connectivity index (χ3n) is 4.66. The lowest BCUT2D eigenvalue weighted by molar-refractivity contribution is 0.265. The average Bonchev–Trinajstić information content (AvgIpc) is 2.95. The third kappa shape index (κ3) is 4.45. The minimum absolute atomic E-state index is 0.293. The zero-order chi connectivity index (χ0) is 19.3. The molecule has 0 aliphatic rings. The molecule has 0 spiro atoms. The van der Waals surface area contributed by atoms with Crippen molar-refractivity contribution in [3.05, 3.63) is 24.0 Å². The number of aryl methyl sites for hydroxylation is 1. The first kappa shape index (κ1) is 20.9. The Kier molecular flexibility index (Phi) is 7.20. The summed E-state index contributed by atoms with van der Waals surface area (Å²) < 4.78 is 28.3. The van der Waals surface area contributed by atoms with E-state index in [1.54, 1.807) is 26.2 Å². The number of unbranched alkanes of at least 4 members (excludes halogenated alkanes) is 1. The van der Waals surface area contributed by atoms with E-state index in [0.717, 1.165) is 49.5 Å². The number of nitrogens with zero attached hydrogens (tertiary/aromatic N) is 4. The van der Waals surface area contributed by atoms with Gasteiger partial charge in [-0.3, -0.25) is 4.90 Å². The van der Waals surface area contributed by atoms with Crippen molar-refractivity contribution in [3.63, 3.8) is 0 Å². The van der Waals surface area contributed by atoms with Gasteiger partial charge in [0.05, 0.1) is 22.5 Å². The molecule has 0 unspecified atom stereocenters. The van der Waals surface area contributed by atoms with E-state index in [9.17, 15) is 8.42 Å². The molecule has 0 radical (unpaired) electrons. The first-order valence-corrected chi connectivity index (χ1v) is 10.9. The summed E-state index contributed by atoms with van der Waals surface area (Å²) in [4.78, 5) is 7.49. The Balaban J connectivity index is 2.45. The van der Waals surface area contributed by atoms with Crippen molar-refractivity contribution >= 4 is 21.1 Å². The summed E-state index contributed by atoms with van der Waals surface area (Å²) in [5.41, 5.74) is 1.76. The third-order valence-corrected chi connectivity index (χ3v) is 6.48. The second kappa shape index (κ2) is 8.97. The molecular weight excluding hydrogens is 348 g/mol. The van der Waals surface area contributed by atoms with Crippen molar-refractivity contribution in [1.29, 1.82) is 0 Å². The summed E-state index contributed by atoms with van der Waals surface area (Å²) in [7, 11) is -0.352. The molecule has 2 aromatic rings. The zero-order valence-electron chi connectivity index (χ0n) is 16.7. The number of aromatic nitrogens is 2. The maximum absolute atomic E-state index is 12.4. The van der Waals surface area contributed by atoms with Crippen molar-refractivity contribution in [2.24, 2.45) is 0 Å². The average molecular weight is 381 g/mol. The lowest BCUT2D eigenvalue weighted by Crippen LogP contribution is -2.26. The normalized spacial score (nSPS) is 12.6. The van der Waals surface area contributed by atoms with Crippen LogP contribution in [0, 0.1) is 0 Å². The van der Waals surface area contributed by atoms with E-state index in [4.69, 9.17) is 4.98 Å². The first-order chi connectivity index (χ1) is 12.3. The molecule has 0 N–H and O–H groups in total. The van der Waals surface area contributed by atoms with Gasteiger partial charge in [-0.1, -0.05) is 27.2 Å². The Hall–Kier alpha value is -1.44. The zero-order valence-corrected chi connectivity index (χ0v) is 17.5. The fourth-order valence-electron chi connectivity index (χ4n) is 3.06. The monoisotopic (exact) mass is 380 g/mol. The number of sulfonamides is 1. The van der Waals surface area contributed by atoms with Gasteiger partial charge in [0.1, 0.15) is 5.82 Å². The lowest BCUT2D eigenvalue weighted by Gasteiger charge is -2.20. The largest absolute Gasteiger partial charge is 0.327 e. The fraction of sp³-hybridized carbons (Fsp3) is 0.632. The Morgan fingerprint density at radius 2 is 1.85 bits per heavy atom. The van der Waals surface area contributed by atoms with Crippen LogP contribution in [0.4, 0.5) is 0 Å². The molecule has 26 heavy (non-hydrogen) atoms. The molecule has 0 atom stereocenters. The van der Waals surface area contributed by atoms with Gasteiger partial charge in [-0.05, 0) is 44.1 Å². The summed E-state index contributed by atoms with van der Waals surface area (Å²) in [5, 5.41) is 0. The summed E-state index contributed by atoms with van der Waals surface area (Å²) in [6.07, 6.45) is 3.36. The van der Waals surface area contributed by atoms with Crippen LogP contribution >= 0.6 is 0 Å². The lowest BCUT2D eigenvalue weighted by atomic mass is 10.3. The molecule has 0 fully saturated rings. The highest BCUT2D eigenvalue weighted by Gasteiger charge is 2.20. The Morgan fingerprint density at radius 1 is 1.12 bits per heavy atom. The molecule has 0 saturated heterocycles. The van der Waals surface area contributed by atoms with Crippen molar-refractivity contribution in [2.45, 2.75) is 58.0 Å². The maximum atomic E-state index is 12.4. The van der Waals surface area contributed by atoms with Crippen LogP contribution in [0.1, 0.15) is 45.9 Å². The highest BCUT2D eigenvalue weighted by atomic mass is 32.2. The van der Waals surface area contributed by atoms with Crippen molar-refractivity contribution in [3.8, 4) is 0 Å². The molecule has 2 rings (SSSR count). The van der Waals surface area contributed by atoms with Gasteiger partial charge in [-0.25, -0.2) is 17.7 Å². The second-order valence-electron chi connectivity index (χ2n) is 6.84. The molecule has 6 nitrogen and oxygen atoms in total. The second-order valence-corrected chi connectivity index (χ2v) is 8.99. The van der Waals surface area contributed by atoms with Crippen LogP contribution in [0.15, 0.2) is 23.1 Å². The van der Waals surface area contributed by atoms with Gasteiger partial charge in [-0.15, -0.1) is 0 Å². The number of rotatable bonds is 10. The molecule has 1 heterocycles. The van der Waals surface area contributed by atoms with Crippen molar-refractivity contribution in [2.75, 3.05) is 27.2 Å². The van der Waals surface area contributed by atoms with Crippen LogP contribution in [0.25, 0.3) is 11.0 Å². The Morgan fingerprint density at radius 3 is 2.42 bits per heavy atom. The summed E-state index contributed by atoms with van der Waals surface area (Å²) in [6, 6.07) is 5.27. The topological polar surface area (TPSA) is 58.4 Å². The number of hydrogen-bond acceptors (Lipinski definition) is 4. The molecule has 7 heteroatoms. The van der Waals surface area contributed by atoms with Gasteiger partial charge in [0.15, 0.2) is 0 Å². The van der Waals surface area contributed by atoms with Crippen LogP contribution in [0.3, 0.4) is 0 Å². The molecule has 1 aromatic heterocycles. The smallest absolute Gasteiger partial charge is 0.242 e. The van der Waals surface area contributed by atoms with Crippen LogP contribution in [-0.2, 0) is 23.1 Å². The van der Waals surface area contributed by atoms with Gasteiger partial charge in [0.2, 0.25) is 10.0 Å². The predicted octanol–water partition coefficient (Wildman–Crippen LogP) is 3.32. The Labute approximate surface area is 157 Å². The number of fused-ring (bicyclic) bond motifs is 1. The van der Waals surface area contributed by atoms with E-state index in [1.807, 2.05) is 6.07 Å². The van der Waals surface area contributed by atoms with Gasteiger partial charge in [0, 0.05) is 20.6 Å². The predicted molar refractivity (Wildman–Crippen MR) is 107 cm³/mol. The van der Waals surface area contributed by atoms with Crippen molar-refractivity contribution < 1.29 is 8.42 Å². The minimum atomic E-state index is -3.45. The molecular formula is C19H32N4O2S. The van der Waals surface area contributed by atoms with Gasteiger partial charge >= 0.3 is 0 Å². The van der Waals surface area contributed by atoms with E-state index in [0.29, 0.717) is 4.90 Å². The highest BCUT2D eigenvalue weighted by Crippen LogP contribution is 2.23. The van der Waals surface area contributed by atoms with Gasteiger partial charge in [-0.2, -0.15) is 0 Å². The minimum Gasteiger partial charge on any atom is -0.327 e. The molecule has 0 aliphatic heterocycles. The summed E-state index contributed by atoms with van der Waals surface area (Å²) in [5.74, 6) is 1.01. The summed E-state index contributed by atoms with van der Waals surface area (Å²) in [6.45, 7) is 10.2. The quantitative estimate of drug-likeness (QED) is 0.634. The van der Waals surface area contributed by atoms with Crippen LogP contribution in [0.2, 0.25) is 0 Å². The van der Waals surface area contributed by atoms with E-state index in [2.05, 4.69) is 30.2 Å². The molecule has 0 saturated carbocycles. The van der Waals surface area contributed by atoms with Crippen LogP contribution in [0.5, 0.6) is 0 Å². The molecule has 1 aromatic carbocycles. The fourth-order valence-corrected chi connectivity index (χ4v) is 3.98. The SMILES string of the molecule is CCCCN(CC)Cc1nc2cc(S(=O)(=O)N(C)C)ccc2n1CCC. The number of imidazole rings is 1. The van der Waals surface area contributed by atoms with Gasteiger partial charge in [0.25, 0.3) is 0 Å². The van der Waals surface area contributed by atoms with Crippen molar-refractivity contribution in [1.82, 2.24) is 18.8 Å². The van der Waals surface area contributed by atoms with Crippen LogP contribution in [-0.4, -0.2) is 54.4 Å². The van der Waals surface area contributed by atoms with E-state index in [1.165, 1.54) is 17.1 Å². The Bertz CT molecular complexity index is 827. The molecule has 146 valence electrons. The highest BCUT2D eigenvalue weighted by molar-refractivity contribution is 7.89. The molecule has 0 aliphatic carbocycles. The number of hydrogen-bond donors (Lipinski definition) is 0. The first-order valence-electron chi connectivity index (χ1n) is 9.49. The van der Waals surface area contributed by atoms with Crippen LogP contribution < -0.4 is 0 Å².